The van der Waals surface area contributed by atoms with Crippen molar-refractivity contribution in [3.8, 4) is 66.8 Å². The van der Waals surface area contributed by atoms with Crippen molar-refractivity contribution in [3.05, 3.63) is 216 Å². The van der Waals surface area contributed by atoms with E-state index in [2.05, 4.69) is 222 Å². The van der Waals surface area contributed by atoms with E-state index >= 15 is 0 Å². The number of fused-ring (bicyclic) bond motifs is 12. The van der Waals surface area contributed by atoms with Gasteiger partial charge in [0.1, 0.15) is 0 Å². The predicted molar refractivity (Wildman–Crippen MR) is 271 cm³/mol. The summed E-state index contributed by atoms with van der Waals surface area (Å²) < 4.78 is 2.64. The molecule has 0 spiro atoms. The van der Waals surface area contributed by atoms with Gasteiger partial charge in [-0.3, -0.25) is 0 Å². The first kappa shape index (κ1) is 36.6. The Morgan fingerprint density at radius 1 is 0.286 bits per heavy atom. The fourth-order valence-corrected chi connectivity index (χ4v) is 12.5. The molecular formula is C62H44S. The minimum absolute atomic E-state index is 0.0480. The first-order chi connectivity index (χ1) is 30.7. The molecular weight excluding hydrogens is 777 g/mol. The number of benzene rings is 10. The molecule has 0 radical (unpaired) electrons. The summed E-state index contributed by atoms with van der Waals surface area (Å²) in [4.78, 5) is 0. The van der Waals surface area contributed by atoms with Crippen LogP contribution in [0.1, 0.15) is 49.9 Å². The van der Waals surface area contributed by atoms with Gasteiger partial charge in [0.15, 0.2) is 0 Å². The monoisotopic (exact) mass is 820 g/mol. The van der Waals surface area contributed by atoms with Gasteiger partial charge in [-0.15, -0.1) is 11.3 Å². The highest BCUT2D eigenvalue weighted by atomic mass is 32.1. The van der Waals surface area contributed by atoms with Gasteiger partial charge in [-0.05, 0) is 147 Å². The van der Waals surface area contributed by atoms with E-state index < -0.39 is 0 Å². The molecule has 0 nitrogen and oxygen atoms in total. The molecule has 1 heteroatoms. The quantitative estimate of drug-likeness (QED) is 0.155. The number of thiophene rings is 1. The van der Waals surface area contributed by atoms with Crippen molar-refractivity contribution < 1.29 is 0 Å². The molecule has 0 fully saturated rings. The van der Waals surface area contributed by atoms with E-state index in [1.54, 1.807) is 0 Å². The van der Waals surface area contributed by atoms with Gasteiger partial charge in [0.25, 0.3) is 0 Å². The summed E-state index contributed by atoms with van der Waals surface area (Å²) in [6, 6.07) is 73.6. The van der Waals surface area contributed by atoms with Crippen molar-refractivity contribution in [3.63, 3.8) is 0 Å². The predicted octanol–water partition coefficient (Wildman–Crippen LogP) is 17.6. The third-order valence-electron chi connectivity index (χ3n) is 14.7. The topological polar surface area (TPSA) is 0 Å². The molecule has 1 aromatic heterocycles. The highest BCUT2D eigenvalue weighted by molar-refractivity contribution is 7.26. The smallest absolute Gasteiger partial charge is 0.0434 e. The number of hydrogen-bond acceptors (Lipinski definition) is 1. The van der Waals surface area contributed by atoms with Crippen molar-refractivity contribution in [2.75, 3.05) is 0 Å². The van der Waals surface area contributed by atoms with Crippen LogP contribution in [0.3, 0.4) is 0 Å². The Hall–Kier alpha value is -7.06. The zero-order valence-electron chi connectivity index (χ0n) is 35.9. The van der Waals surface area contributed by atoms with E-state index in [1.165, 1.54) is 131 Å². The van der Waals surface area contributed by atoms with Crippen LogP contribution in [-0.2, 0) is 10.8 Å². The molecule has 0 atom stereocenters. The van der Waals surface area contributed by atoms with Gasteiger partial charge in [0.2, 0.25) is 0 Å². The largest absolute Gasteiger partial charge is 0.135 e. The van der Waals surface area contributed by atoms with Crippen LogP contribution in [0.25, 0.3) is 108 Å². The molecule has 10 aromatic carbocycles. The number of rotatable bonds is 4. The summed E-state index contributed by atoms with van der Waals surface area (Å²) in [5, 5.41) is 7.76. The summed E-state index contributed by atoms with van der Waals surface area (Å²) in [6.45, 7) is 9.50. The van der Waals surface area contributed by atoms with Crippen LogP contribution in [0.2, 0.25) is 0 Å². The zero-order chi connectivity index (χ0) is 42.2. The SMILES string of the molecule is CC1(C)c2ccccc2-c2ccc(-c3ccc4sc5c(-c6ccc(-c7cc8ccccc8c8ccccc78)cc6)cc(-c6ccc7c(c6)C(C)(C)c6ccccc6-7)cc5c4c3)cc21. The highest BCUT2D eigenvalue weighted by Gasteiger charge is 2.36. The first-order valence-electron chi connectivity index (χ1n) is 22.2. The molecule has 63 heavy (non-hydrogen) atoms. The molecule has 2 aliphatic rings. The van der Waals surface area contributed by atoms with Crippen LogP contribution in [0.4, 0.5) is 0 Å². The van der Waals surface area contributed by atoms with Crippen molar-refractivity contribution in [1.29, 1.82) is 0 Å². The summed E-state index contributed by atoms with van der Waals surface area (Å²) in [6.07, 6.45) is 0. The molecule has 0 aliphatic heterocycles. The van der Waals surface area contributed by atoms with Gasteiger partial charge < -0.3 is 0 Å². The normalized spacial score (nSPS) is 14.3. The molecule has 1 heterocycles. The summed E-state index contributed by atoms with van der Waals surface area (Å²) in [5.41, 5.74) is 21.0. The van der Waals surface area contributed by atoms with E-state index in [4.69, 9.17) is 0 Å². The van der Waals surface area contributed by atoms with E-state index in [0.717, 1.165) is 0 Å². The van der Waals surface area contributed by atoms with Crippen LogP contribution in [0.5, 0.6) is 0 Å². The Morgan fingerprint density at radius 3 is 1.43 bits per heavy atom. The third-order valence-corrected chi connectivity index (χ3v) is 15.9. The second-order valence-corrected chi connectivity index (χ2v) is 19.9. The molecule has 298 valence electrons. The first-order valence-corrected chi connectivity index (χ1v) is 23.1. The molecule has 0 unspecified atom stereocenters. The van der Waals surface area contributed by atoms with Gasteiger partial charge >= 0.3 is 0 Å². The Kier molecular flexibility index (Phi) is 7.68. The summed E-state index contributed by atoms with van der Waals surface area (Å²) >= 11 is 1.92. The van der Waals surface area contributed by atoms with Crippen LogP contribution in [-0.4, -0.2) is 0 Å². The van der Waals surface area contributed by atoms with Crippen molar-refractivity contribution >= 4 is 53.1 Å². The molecule has 0 N–H and O–H groups in total. The lowest BCUT2D eigenvalue weighted by Gasteiger charge is -2.22. The van der Waals surface area contributed by atoms with Crippen molar-refractivity contribution in [2.24, 2.45) is 0 Å². The molecule has 0 saturated carbocycles. The van der Waals surface area contributed by atoms with Crippen LogP contribution >= 0.6 is 11.3 Å². The molecule has 2 aliphatic carbocycles. The van der Waals surface area contributed by atoms with Gasteiger partial charge in [0, 0.05) is 36.6 Å². The lowest BCUT2D eigenvalue weighted by atomic mass is 9.81. The Morgan fingerprint density at radius 2 is 0.762 bits per heavy atom. The van der Waals surface area contributed by atoms with Gasteiger partial charge in [-0.25, -0.2) is 0 Å². The fourth-order valence-electron chi connectivity index (χ4n) is 11.3. The Balaban J connectivity index is 0.986. The summed E-state index contributed by atoms with van der Waals surface area (Å²) in [7, 11) is 0. The summed E-state index contributed by atoms with van der Waals surface area (Å²) in [5.74, 6) is 0. The van der Waals surface area contributed by atoms with Crippen LogP contribution < -0.4 is 0 Å². The average molecular weight is 821 g/mol. The minimum Gasteiger partial charge on any atom is -0.135 e. The zero-order valence-corrected chi connectivity index (χ0v) is 36.7. The van der Waals surface area contributed by atoms with E-state index in [-0.39, 0.29) is 10.8 Å². The Labute approximate surface area is 372 Å². The molecule has 11 aromatic rings. The van der Waals surface area contributed by atoms with Crippen LogP contribution in [0.15, 0.2) is 194 Å². The second-order valence-electron chi connectivity index (χ2n) is 18.8. The third kappa shape index (κ3) is 5.33. The van der Waals surface area contributed by atoms with Crippen LogP contribution in [0, 0.1) is 0 Å². The molecule has 0 bridgehead atoms. The standard InChI is InChI=1S/C62H44S/c1-61(2)55-19-11-9-17-47(55)49-28-25-40(35-57(49)61)39-27-30-59-53(31-39)54-34-43(41-26-29-50-48-18-10-12-20-56(48)62(3,4)58(50)36-41)33-52(60(54)63-59)38-23-21-37(22-24-38)51-32-42-13-5-6-14-44(42)45-15-7-8-16-46(45)51/h5-36H,1-4H3. The van der Waals surface area contributed by atoms with Crippen molar-refractivity contribution in [2.45, 2.75) is 38.5 Å². The molecule has 0 saturated heterocycles. The maximum absolute atomic E-state index is 2.47. The van der Waals surface area contributed by atoms with E-state index in [9.17, 15) is 0 Å². The maximum Gasteiger partial charge on any atom is 0.0434 e. The molecule has 0 amide bonds. The molecule has 13 rings (SSSR count). The maximum atomic E-state index is 2.47. The second kappa shape index (κ2) is 13.2. The minimum atomic E-state index is -0.0760. The number of hydrogen-bond donors (Lipinski definition) is 0. The van der Waals surface area contributed by atoms with E-state index in [1.807, 2.05) is 11.3 Å². The van der Waals surface area contributed by atoms with Crippen molar-refractivity contribution in [1.82, 2.24) is 0 Å². The lowest BCUT2D eigenvalue weighted by Crippen LogP contribution is -2.14. The average Bonchev–Trinajstić information content (AvgIpc) is 3.90. The Bertz CT molecular complexity index is 3720. The van der Waals surface area contributed by atoms with E-state index in [0.29, 0.717) is 0 Å². The van der Waals surface area contributed by atoms with Gasteiger partial charge in [-0.1, -0.05) is 179 Å². The highest BCUT2D eigenvalue weighted by Crippen LogP contribution is 2.52. The van der Waals surface area contributed by atoms with Gasteiger partial charge in [-0.2, -0.15) is 0 Å². The van der Waals surface area contributed by atoms with Gasteiger partial charge in [0.05, 0.1) is 0 Å². The lowest BCUT2D eigenvalue weighted by molar-refractivity contribution is 0.660. The fraction of sp³-hybridized carbons (Fsp3) is 0.0968.